The third-order valence-corrected chi connectivity index (χ3v) is 9.27. The lowest BCUT2D eigenvalue weighted by Gasteiger charge is -2.10. The van der Waals surface area contributed by atoms with Crippen molar-refractivity contribution in [2.75, 3.05) is 0 Å². The first-order valence-corrected chi connectivity index (χ1v) is 20.0. The molecule has 73 heavy (non-hydrogen) atoms. The maximum absolute atomic E-state index is 13.9. The number of carbonyl (C=O) groups is 3. The standard InChI is InChI=1S/C20H9F8N3.C12H9F3N2O.C9H5F2NO.C8H6F2O/c1-29-16(14-9-12(21)4-7-15(14)22)8-11-2-5-13(6-3-11)31-18(20(26,27)28)10-17(30-31)19(23,24)25;1-8-6-11(12(13,14)15)17(16-8)10-4-2-9(7-18)3-5-10;10-7-3-1-2-6(9(7)11)8(13)4-5-12;1-5(11)6-3-2-4-7(9)8(6)10/h2-10H;2-7H,1H3;1-3H,4H2;2-4H,1H3/b16-8-;;;. The molecule has 2 heterocycles. The lowest BCUT2D eigenvalue weighted by atomic mass is 10.1. The zero-order chi connectivity index (χ0) is 54.6. The average Bonchev–Trinajstić information content (AvgIpc) is 3.98. The molecule has 2 aromatic heterocycles. The second-order valence-electron chi connectivity index (χ2n) is 14.5. The number of aldehydes is 1. The molecule has 0 fully saturated rings. The Morgan fingerprint density at radius 2 is 1.12 bits per heavy atom. The highest BCUT2D eigenvalue weighted by molar-refractivity contribution is 5.97. The molecule has 378 valence electrons. The van der Waals surface area contributed by atoms with Gasteiger partial charge in [0.05, 0.1) is 47.3 Å². The number of ketones is 2. The van der Waals surface area contributed by atoms with Gasteiger partial charge < -0.3 is 0 Å². The minimum Gasteiger partial charge on any atom is -0.298 e. The number of hydrogen-bond acceptors (Lipinski definition) is 6. The molecular weight excluding hydrogens is 1010 g/mol. The largest absolute Gasteiger partial charge is 0.435 e. The van der Waals surface area contributed by atoms with Crippen molar-refractivity contribution in [3.63, 3.8) is 0 Å². The average molecular weight is 1030 g/mol. The summed E-state index contributed by atoms with van der Waals surface area (Å²) in [7, 11) is 0. The molecule has 9 nitrogen and oxygen atoms in total. The summed E-state index contributed by atoms with van der Waals surface area (Å²) >= 11 is 0. The molecule has 7 aromatic rings. The van der Waals surface area contributed by atoms with Crippen LogP contribution in [0.4, 0.5) is 65.9 Å². The number of nitrogens with zero attached hydrogens (tertiary/aromatic N) is 6. The highest BCUT2D eigenvalue weighted by Gasteiger charge is 2.42. The van der Waals surface area contributed by atoms with E-state index in [9.17, 15) is 80.2 Å². The fraction of sp³-hybridized carbons (Fsp3) is 0.122. The molecule has 0 radical (unpaired) electrons. The molecule has 7 rings (SSSR count). The molecule has 0 unspecified atom stereocenters. The molecule has 0 aliphatic rings. The third-order valence-electron chi connectivity index (χ3n) is 9.27. The van der Waals surface area contributed by atoms with Crippen molar-refractivity contribution in [2.24, 2.45) is 0 Å². The van der Waals surface area contributed by atoms with Crippen LogP contribution in [0.25, 0.3) is 28.0 Å². The summed E-state index contributed by atoms with van der Waals surface area (Å²) in [5.41, 5.74) is -4.49. The van der Waals surface area contributed by atoms with E-state index in [1.807, 2.05) is 0 Å². The Labute approximate surface area is 402 Å². The molecule has 24 heteroatoms. The van der Waals surface area contributed by atoms with E-state index in [-0.39, 0.29) is 55.8 Å². The Morgan fingerprint density at radius 1 is 0.630 bits per heavy atom. The quantitative estimate of drug-likeness (QED) is 0.0492. The van der Waals surface area contributed by atoms with Crippen molar-refractivity contribution in [1.29, 1.82) is 5.26 Å². The number of alkyl halides is 9. The van der Waals surface area contributed by atoms with E-state index in [0.717, 1.165) is 65.4 Å². The second-order valence-corrected chi connectivity index (χ2v) is 14.5. The molecule has 0 aliphatic carbocycles. The first-order valence-electron chi connectivity index (χ1n) is 20.0. The molecule has 0 aliphatic heterocycles. The lowest BCUT2D eigenvalue weighted by molar-refractivity contribution is -0.144. The second kappa shape index (κ2) is 23.9. The summed E-state index contributed by atoms with van der Waals surface area (Å²) in [5, 5.41) is 15.0. The van der Waals surface area contributed by atoms with E-state index in [1.54, 1.807) is 6.07 Å². The van der Waals surface area contributed by atoms with E-state index in [4.69, 9.17) is 11.8 Å². The minimum atomic E-state index is -5.10. The van der Waals surface area contributed by atoms with E-state index in [2.05, 4.69) is 15.0 Å². The molecular formula is C49H29F15N6O3. The highest BCUT2D eigenvalue weighted by Crippen LogP contribution is 2.37. The summed E-state index contributed by atoms with van der Waals surface area (Å²) in [6, 6.07) is 22.0. The van der Waals surface area contributed by atoms with Gasteiger partial charge in [-0.15, -0.1) is 0 Å². The van der Waals surface area contributed by atoms with Crippen molar-refractivity contribution in [1.82, 2.24) is 19.6 Å². The SMILES string of the molecule is CC(=O)c1cccc(F)c1F.Cc1cc(C(F)(F)F)n(-c2ccc(C=O)cc2)n1.N#CCC(=O)c1cccc(F)c1F.[C-]#[N+]/C(=C\c1ccc(-n2nc(C(F)(F)F)cc2C(F)(F)F)cc1)c1cc(F)ccc1F. The normalized spacial score (nSPS) is 11.4. The van der Waals surface area contributed by atoms with Crippen molar-refractivity contribution in [3.8, 4) is 17.4 Å². The summed E-state index contributed by atoms with van der Waals surface area (Å²) in [5.74, 6) is -7.14. The van der Waals surface area contributed by atoms with Crippen LogP contribution in [0.2, 0.25) is 0 Å². The first kappa shape index (κ1) is 56.8. The Balaban J connectivity index is 0.000000232. The van der Waals surface area contributed by atoms with Gasteiger partial charge in [0.25, 0.3) is 0 Å². The van der Waals surface area contributed by atoms with Crippen LogP contribution in [-0.4, -0.2) is 37.4 Å². The molecule has 5 aromatic carbocycles. The number of rotatable bonds is 8. The van der Waals surface area contributed by atoms with Gasteiger partial charge in [0.1, 0.15) is 29.3 Å². The van der Waals surface area contributed by atoms with Gasteiger partial charge in [0.2, 0.25) is 0 Å². The summed E-state index contributed by atoms with van der Waals surface area (Å²) < 4.78 is 195. The van der Waals surface area contributed by atoms with E-state index in [0.29, 0.717) is 11.8 Å². The van der Waals surface area contributed by atoms with Gasteiger partial charge in [-0.25, -0.2) is 40.6 Å². The Hall–Kier alpha value is -8.80. The van der Waals surface area contributed by atoms with Gasteiger partial charge in [-0.3, -0.25) is 14.4 Å². The maximum atomic E-state index is 13.9. The summed E-state index contributed by atoms with van der Waals surface area (Å²) in [6.07, 6.45) is -13.3. The van der Waals surface area contributed by atoms with Gasteiger partial charge in [0.15, 0.2) is 46.2 Å². The van der Waals surface area contributed by atoms with Crippen molar-refractivity contribution in [3.05, 3.63) is 212 Å². The molecule has 0 atom stereocenters. The van der Waals surface area contributed by atoms with Crippen LogP contribution in [0.1, 0.15) is 78.3 Å². The lowest BCUT2D eigenvalue weighted by Crippen LogP contribution is -2.13. The topological polar surface area (TPSA) is 115 Å². The number of halogens is 15. The zero-order valence-electron chi connectivity index (χ0n) is 36.9. The number of carbonyl (C=O) groups excluding carboxylic acids is 3. The zero-order valence-corrected chi connectivity index (χ0v) is 36.9. The van der Waals surface area contributed by atoms with Gasteiger partial charge in [-0.2, -0.15) is 55.0 Å². The number of nitriles is 1. The van der Waals surface area contributed by atoms with Crippen LogP contribution in [0, 0.1) is 59.7 Å². The summed E-state index contributed by atoms with van der Waals surface area (Å²) in [6.45, 7) is 9.85. The Bertz CT molecular complexity index is 3230. The number of benzene rings is 5. The molecule has 0 bridgehead atoms. The van der Waals surface area contributed by atoms with E-state index in [1.165, 1.54) is 68.4 Å². The predicted octanol–water partition coefficient (Wildman–Crippen LogP) is 13.8. The minimum absolute atomic E-state index is 0.0996. The molecule has 0 amide bonds. The van der Waals surface area contributed by atoms with E-state index < -0.39 is 88.5 Å². The molecule has 0 N–H and O–H groups in total. The van der Waals surface area contributed by atoms with Crippen LogP contribution in [-0.2, 0) is 18.5 Å². The maximum Gasteiger partial charge on any atom is 0.435 e. The van der Waals surface area contributed by atoms with Gasteiger partial charge >= 0.3 is 18.5 Å². The predicted molar refractivity (Wildman–Crippen MR) is 230 cm³/mol. The van der Waals surface area contributed by atoms with Crippen LogP contribution in [0.3, 0.4) is 0 Å². The highest BCUT2D eigenvalue weighted by atomic mass is 19.4. The number of aryl methyl sites for hydroxylation is 1. The van der Waals surface area contributed by atoms with Crippen molar-refractivity contribution >= 4 is 29.6 Å². The van der Waals surface area contributed by atoms with Crippen LogP contribution in [0.5, 0.6) is 0 Å². The number of Topliss-reactive ketones (excluding diaryl/α,β-unsaturated/α-hetero) is 2. The van der Waals surface area contributed by atoms with Gasteiger partial charge in [-0.1, -0.05) is 24.3 Å². The van der Waals surface area contributed by atoms with Gasteiger partial charge in [0, 0.05) is 17.2 Å². The monoisotopic (exact) mass is 1030 g/mol. The number of hydrogen-bond donors (Lipinski definition) is 0. The van der Waals surface area contributed by atoms with Crippen molar-refractivity contribution < 1.29 is 80.2 Å². The van der Waals surface area contributed by atoms with Crippen LogP contribution in [0.15, 0.2) is 115 Å². The fourth-order valence-electron chi connectivity index (χ4n) is 5.91. The van der Waals surface area contributed by atoms with Crippen LogP contribution < -0.4 is 0 Å². The van der Waals surface area contributed by atoms with Crippen molar-refractivity contribution in [2.45, 2.75) is 38.8 Å². The number of aromatic nitrogens is 4. The molecule has 0 saturated heterocycles. The Kier molecular flexibility index (Phi) is 18.6. The molecule has 0 spiro atoms. The fourth-order valence-corrected chi connectivity index (χ4v) is 5.91. The Morgan fingerprint density at radius 3 is 1.59 bits per heavy atom. The smallest absolute Gasteiger partial charge is 0.298 e. The van der Waals surface area contributed by atoms with Crippen LogP contribution >= 0.6 is 0 Å². The first-order chi connectivity index (χ1) is 34.1. The molecule has 0 saturated carbocycles. The van der Waals surface area contributed by atoms with E-state index >= 15 is 0 Å². The third kappa shape index (κ3) is 15.1. The van der Waals surface area contributed by atoms with Gasteiger partial charge in [-0.05, 0) is 110 Å². The summed E-state index contributed by atoms with van der Waals surface area (Å²) in [4.78, 5) is 35.2.